The Hall–Kier alpha value is -2.71. The van der Waals surface area contributed by atoms with E-state index in [-0.39, 0.29) is 10.8 Å². The number of carbonyl (C=O) groups is 1. The summed E-state index contributed by atoms with van der Waals surface area (Å²) in [6.07, 6.45) is 1.80. The van der Waals surface area contributed by atoms with Crippen molar-refractivity contribution in [2.24, 2.45) is 0 Å². The Morgan fingerprint density at radius 1 is 0.704 bits per heavy atom. The molecule has 0 aliphatic carbocycles. The first-order valence-corrected chi connectivity index (χ1v) is 11.4. The van der Waals surface area contributed by atoms with Crippen LogP contribution in [0.1, 0.15) is 31.1 Å². The number of carbonyl (C=O) groups excluding carboxylic acids is 1. The summed E-state index contributed by atoms with van der Waals surface area (Å²) in [5.74, 6) is 0.0589. The van der Waals surface area contributed by atoms with Crippen molar-refractivity contribution in [2.45, 2.75) is 25.8 Å². The summed E-state index contributed by atoms with van der Waals surface area (Å²) in [6, 6.07) is 30.8. The van der Waals surface area contributed by atoms with Gasteiger partial charge < -0.3 is 0 Å². The molecular weight excluding hydrogens is 344 g/mol. The predicted octanol–water partition coefficient (Wildman–Crippen LogP) is 5.03. The molecule has 3 rings (SSSR count). The van der Waals surface area contributed by atoms with Crippen LogP contribution in [0.15, 0.2) is 103 Å². The van der Waals surface area contributed by atoms with Gasteiger partial charge in [-0.05, 0) is 21.5 Å². The molecule has 0 fully saturated rings. The highest BCUT2D eigenvalue weighted by atomic mass is 28.3. The Morgan fingerprint density at radius 3 is 1.52 bits per heavy atom. The van der Waals surface area contributed by atoms with E-state index in [1.165, 1.54) is 10.4 Å². The molecule has 0 aliphatic heterocycles. The van der Waals surface area contributed by atoms with Gasteiger partial charge in [-0.1, -0.05) is 117 Å². The molecule has 0 bridgehead atoms. The van der Waals surface area contributed by atoms with E-state index >= 15 is 0 Å². The zero-order chi connectivity index (χ0) is 19.3. The largest absolute Gasteiger partial charge is 0.289 e. The number of hydrogen-bond donors (Lipinski definition) is 0. The van der Waals surface area contributed by atoms with Gasteiger partial charge in [-0.15, -0.1) is 0 Å². The van der Waals surface area contributed by atoms with E-state index in [2.05, 4.69) is 87.1 Å². The van der Waals surface area contributed by atoms with Crippen LogP contribution in [0.4, 0.5) is 0 Å². The van der Waals surface area contributed by atoms with Gasteiger partial charge >= 0.3 is 0 Å². The van der Waals surface area contributed by atoms with Gasteiger partial charge in [0.25, 0.3) is 0 Å². The molecular formula is C25H26OSi. The molecule has 0 heterocycles. The van der Waals surface area contributed by atoms with Gasteiger partial charge in [0.1, 0.15) is 8.07 Å². The molecule has 2 heteroatoms. The van der Waals surface area contributed by atoms with Gasteiger partial charge in [0.15, 0.2) is 5.78 Å². The van der Waals surface area contributed by atoms with Gasteiger partial charge in [-0.3, -0.25) is 4.79 Å². The van der Waals surface area contributed by atoms with Crippen LogP contribution in [0, 0.1) is 0 Å². The van der Waals surface area contributed by atoms with Crippen LogP contribution in [0.3, 0.4) is 0 Å². The monoisotopic (exact) mass is 370 g/mol. The molecule has 0 unspecified atom stereocenters. The fourth-order valence-corrected chi connectivity index (χ4v) is 8.56. The maximum absolute atomic E-state index is 12.8. The van der Waals surface area contributed by atoms with Gasteiger partial charge in [-0.2, -0.15) is 0 Å². The van der Waals surface area contributed by atoms with E-state index in [1.807, 2.05) is 30.3 Å². The molecule has 136 valence electrons. The molecule has 0 amide bonds. The van der Waals surface area contributed by atoms with Crippen LogP contribution in [-0.4, -0.2) is 13.9 Å². The third-order valence-corrected chi connectivity index (χ3v) is 10.7. The molecule has 0 aromatic heterocycles. The van der Waals surface area contributed by atoms with Crippen molar-refractivity contribution < 1.29 is 4.79 Å². The van der Waals surface area contributed by atoms with Gasteiger partial charge in [0.2, 0.25) is 0 Å². The molecule has 3 aromatic carbocycles. The molecule has 0 saturated carbocycles. The minimum atomic E-state index is -2.35. The quantitative estimate of drug-likeness (QED) is 0.350. The van der Waals surface area contributed by atoms with E-state index < -0.39 is 8.07 Å². The summed E-state index contributed by atoms with van der Waals surface area (Å²) in [5, 5.41) is 2.64. The summed E-state index contributed by atoms with van der Waals surface area (Å²) in [5.41, 5.74) is 2.96. The summed E-state index contributed by atoms with van der Waals surface area (Å²) in [6.45, 7) is 6.86. The maximum atomic E-state index is 12.8. The van der Waals surface area contributed by atoms with Crippen molar-refractivity contribution in [3.05, 3.63) is 108 Å². The number of benzene rings is 3. The van der Waals surface area contributed by atoms with Crippen molar-refractivity contribution in [2.75, 3.05) is 0 Å². The molecule has 0 spiro atoms. The van der Waals surface area contributed by atoms with Crippen molar-refractivity contribution in [1.82, 2.24) is 0 Å². The standard InChI is InChI=1S/C25H26OSi/c1-25(2,3)27(22-15-9-5-10-16-22,23-17-11-6-12-18-23)20-19-24(26)21-13-7-4-8-14-21/h4-20H,1-3H3/b20-19+. The lowest BCUT2D eigenvalue weighted by Gasteiger charge is -2.42. The second-order valence-corrected chi connectivity index (χ2v) is 12.5. The number of rotatable bonds is 5. The minimum absolute atomic E-state index is 0.00315. The zero-order valence-electron chi connectivity index (χ0n) is 16.2. The van der Waals surface area contributed by atoms with Crippen molar-refractivity contribution in [3.8, 4) is 0 Å². The smallest absolute Gasteiger partial charge is 0.185 e. The van der Waals surface area contributed by atoms with E-state index in [0.717, 1.165) is 5.56 Å². The van der Waals surface area contributed by atoms with Crippen LogP contribution in [0.25, 0.3) is 0 Å². The van der Waals surface area contributed by atoms with Gasteiger partial charge in [0.05, 0.1) is 0 Å². The topological polar surface area (TPSA) is 17.1 Å². The second kappa shape index (κ2) is 7.89. The summed E-state index contributed by atoms with van der Waals surface area (Å²) in [4.78, 5) is 12.8. The van der Waals surface area contributed by atoms with E-state index in [1.54, 1.807) is 6.08 Å². The first kappa shape index (κ1) is 19.1. The van der Waals surface area contributed by atoms with Crippen molar-refractivity contribution in [1.29, 1.82) is 0 Å². The van der Waals surface area contributed by atoms with E-state index in [0.29, 0.717) is 0 Å². The molecule has 0 radical (unpaired) electrons. The van der Waals surface area contributed by atoms with Crippen LogP contribution in [-0.2, 0) is 0 Å². The summed E-state index contributed by atoms with van der Waals surface area (Å²) < 4.78 is 0. The lowest BCUT2D eigenvalue weighted by Crippen LogP contribution is -2.63. The Kier molecular flexibility index (Phi) is 5.57. The van der Waals surface area contributed by atoms with E-state index in [4.69, 9.17) is 0 Å². The van der Waals surface area contributed by atoms with Crippen LogP contribution in [0.5, 0.6) is 0 Å². The first-order chi connectivity index (χ1) is 12.9. The Balaban J connectivity index is 2.18. The van der Waals surface area contributed by atoms with Crippen LogP contribution < -0.4 is 10.4 Å². The lowest BCUT2D eigenvalue weighted by molar-refractivity contribution is 0.104. The number of allylic oxidation sites excluding steroid dienone is 1. The minimum Gasteiger partial charge on any atom is -0.289 e. The SMILES string of the molecule is CC(C)(C)[Si](/C=C/C(=O)c1ccccc1)(c1ccccc1)c1ccccc1. The van der Waals surface area contributed by atoms with Crippen molar-refractivity contribution in [3.63, 3.8) is 0 Å². The van der Waals surface area contributed by atoms with Gasteiger partial charge in [0, 0.05) is 5.56 Å². The third-order valence-electron chi connectivity index (χ3n) is 5.18. The number of hydrogen-bond acceptors (Lipinski definition) is 1. The molecule has 0 N–H and O–H groups in total. The number of ketones is 1. The van der Waals surface area contributed by atoms with E-state index in [9.17, 15) is 4.79 Å². The second-order valence-electron chi connectivity index (χ2n) is 7.85. The van der Waals surface area contributed by atoms with Crippen LogP contribution >= 0.6 is 0 Å². The highest BCUT2D eigenvalue weighted by Gasteiger charge is 2.45. The fourth-order valence-electron chi connectivity index (χ4n) is 3.78. The lowest BCUT2D eigenvalue weighted by atomic mass is 10.1. The molecule has 0 aliphatic rings. The molecule has 27 heavy (non-hydrogen) atoms. The Morgan fingerprint density at radius 2 is 1.11 bits per heavy atom. The predicted molar refractivity (Wildman–Crippen MR) is 118 cm³/mol. The zero-order valence-corrected chi connectivity index (χ0v) is 17.2. The fraction of sp³-hybridized carbons (Fsp3) is 0.160. The molecule has 1 nitrogen and oxygen atoms in total. The average Bonchev–Trinajstić information content (AvgIpc) is 2.69. The average molecular weight is 371 g/mol. The highest BCUT2D eigenvalue weighted by Crippen LogP contribution is 2.36. The van der Waals surface area contributed by atoms with Crippen LogP contribution in [0.2, 0.25) is 5.04 Å². The molecule has 0 saturated heterocycles. The van der Waals surface area contributed by atoms with Gasteiger partial charge in [-0.25, -0.2) is 0 Å². The summed E-state index contributed by atoms with van der Waals surface area (Å²) in [7, 11) is -2.35. The van der Waals surface area contributed by atoms with Crippen molar-refractivity contribution >= 4 is 24.2 Å². The molecule has 0 atom stereocenters. The third kappa shape index (κ3) is 3.86. The Bertz CT molecular complexity index is 867. The normalized spacial score (nSPS) is 12.3. The Labute approximate surface area is 163 Å². The highest BCUT2D eigenvalue weighted by molar-refractivity contribution is 7.08. The first-order valence-electron chi connectivity index (χ1n) is 9.35. The maximum Gasteiger partial charge on any atom is 0.185 e. The molecule has 3 aromatic rings. The summed E-state index contributed by atoms with van der Waals surface area (Å²) >= 11 is 0.